The first kappa shape index (κ1) is 19.7. The summed E-state index contributed by atoms with van der Waals surface area (Å²) >= 11 is 0. The van der Waals surface area contributed by atoms with Crippen LogP contribution in [0.1, 0.15) is 27.7 Å². The third-order valence-corrected chi connectivity index (χ3v) is 3.98. The fourth-order valence-electron chi connectivity index (χ4n) is 1.14. The van der Waals surface area contributed by atoms with Crippen LogP contribution in [0.2, 0.25) is 0 Å². The largest absolute Gasteiger partial charge is 0.446 e. The Bertz CT molecular complexity index is 451. The first-order valence-corrected chi connectivity index (χ1v) is 8.31. The molecule has 0 spiro atoms. The molecule has 0 heterocycles. The molecule has 0 fully saturated rings. The van der Waals surface area contributed by atoms with Gasteiger partial charge in [-0.15, -0.1) is 6.42 Å². The van der Waals surface area contributed by atoms with Gasteiger partial charge >= 0.3 is 13.6 Å². The Morgan fingerprint density at radius 3 is 2.05 bits per heavy atom. The van der Waals surface area contributed by atoms with Crippen LogP contribution in [0.15, 0.2) is 24.3 Å². The molecule has 0 radical (unpaired) electrons. The number of rotatable bonds is 9. The highest BCUT2D eigenvalue weighted by Gasteiger charge is 2.31. The second-order valence-corrected chi connectivity index (χ2v) is 6.68. The maximum absolute atomic E-state index is 12.5. The molecule has 0 rings (SSSR count). The van der Waals surface area contributed by atoms with E-state index in [4.69, 9.17) is 20.2 Å². The molecule has 0 aliphatic carbocycles. The molecule has 0 aliphatic heterocycles. The van der Waals surface area contributed by atoms with Gasteiger partial charge in [0, 0.05) is 0 Å². The van der Waals surface area contributed by atoms with Crippen LogP contribution in [0.5, 0.6) is 0 Å². The van der Waals surface area contributed by atoms with Crippen LogP contribution in [-0.2, 0) is 23.1 Å². The molecule has 21 heavy (non-hydrogen) atoms. The maximum Gasteiger partial charge on any atom is 0.342 e. The fourth-order valence-corrected chi connectivity index (χ4v) is 2.40. The molecule has 0 saturated carbocycles. The summed E-state index contributed by atoms with van der Waals surface area (Å²) in [5.74, 6) is 1.61. The summed E-state index contributed by atoms with van der Waals surface area (Å²) in [6.45, 7) is 6.93. The van der Waals surface area contributed by atoms with E-state index in [9.17, 15) is 9.36 Å². The number of carbonyl (C=O) groups is 1. The van der Waals surface area contributed by atoms with Crippen LogP contribution in [-0.4, -0.2) is 30.9 Å². The van der Waals surface area contributed by atoms with Crippen molar-refractivity contribution in [2.75, 3.05) is 19.4 Å². The van der Waals surface area contributed by atoms with Gasteiger partial charge in [-0.25, -0.2) is 0 Å². The highest BCUT2D eigenvalue weighted by atomic mass is 31.2. The number of terminal acetylenes is 1. The van der Waals surface area contributed by atoms with Crippen LogP contribution >= 0.6 is 7.60 Å². The van der Waals surface area contributed by atoms with E-state index in [2.05, 4.69) is 5.92 Å². The van der Waals surface area contributed by atoms with E-state index in [0.717, 1.165) is 0 Å². The Morgan fingerprint density at radius 2 is 1.67 bits per heavy atom. The zero-order valence-corrected chi connectivity index (χ0v) is 13.9. The van der Waals surface area contributed by atoms with Crippen molar-refractivity contribution in [2.45, 2.75) is 33.3 Å². The number of hydrogen-bond donors (Lipinski definition) is 0. The standard InChI is InChI=1S/C15H23O5P/c1-6-9-11-18-21(17,19-12-10-7-2)13-14(16)20-15(4,5)8-3/h3,6-7,9-10H,11-13H2,1-2,4-5H3/b9-6+,10-7+. The molecule has 6 heteroatoms. The minimum absolute atomic E-state index is 0.0927. The van der Waals surface area contributed by atoms with E-state index in [1.165, 1.54) is 0 Å². The van der Waals surface area contributed by atoms with E-state index >= 15 is 0 Å². The molecule has 0 atom stereocenters. The smallest absolute Gasteiger partial charge is 0.342 e. The van der Waals surface area contributed by atoms with E-state index in [1.807, 2.05) is 0 Å². The van der Waals surface area contributed by atoms with Crippen molar-refractivity contribution < 1.29 is 23.1 Å². The average molecular weight is 314 g/mol. The SMILES string of the molecule is C#CC(C)(C)OC(=O)CP(=O)(OC/C=C/C)OC/C=C/C. The summed E-state index contributed by atoms with van der Waals surface area (Å²) < 4.78 is 27.9. The van der Waals surface area contributed by atoms with Gasteiger partial charge in [0.05, 0.1) is 13.2 Å². The molecular formula is C15H23O5P. The van der Waals surface area contributed by atoms with E-state index in [1.54, 1.807) is 52.0 Å². The van der Waals surface area contributed by atoms with Gasteiger partial charge < -0.3 is 13.8 Å². The molecule has 5 nitrogen and oxygen atoms in total. The van der Waals surface area contributed by atoms with Gasteiger partial charge in [-0.3, -0.25) is 9.36 Å². The lowest BCUT2D eigenvalue weighted by atomic mass is 10.1. The topological polar surface area (TPSA) is 61.8 Å². The second kappa shape index (κ2) is 9.57. The fraction of sp³-hybridized carbons (Fsp3) is 0.533. The molecule has 0 aromatic carbocycles. The number of ether oxygens (including phenoxy) is 1. The number of hydrogen-bond acceptors (Lipinski definition) is 5. The third-order valence-electron chi connectivity index (χ3n) is 2.25. The molecule has 0 N–H and O–H groups in total. The Morgan fingerprint density at radius 1 is 1.19 bits per heavy atom. The monoisotopic (exact) mass is 314 g/mol. The molecule has 118 valence electrons. The quantitative estimate of drug-likeness (QED) is 0.283. The molecule has 0 unspecified atom stereocenters. The lowest BCUT2D eigenvalue weighted by Gasteiger charge is -2.21. The first-order chi connectivity index (χ1) is 9.78. The van der Waals surface area contributed by atoms with Crippen molar-refractivity contribution in [3.63, 3.8) is 0 Å². The van der Waals surface area contributed by atoms with E-state index in [0.29, 0.717) is 0 Å². The predicted molar refractivity (Wildman–Crippen MR) is 83.0 cm³/mol. The zero-order valence-electron chi connectivity index (χ0n) is 13.0. The first-order valence-electron chi connectivity index (χ1n) is 6.58. The van der Waals surface area contributed by atoms with Crippen molar-refractivity contribution in [3.05, 3.63) is 24.3 Å². The van der Waals surface area contributed by atoms with E-state index in [-0.39, 0.29) is 13.2 Å². The van der Waals surface area contributed by atoms with Crippen LogP contribution in [0, 0.1) is 12.3 Å². The molecule has 0 aliphatic rings. The average Bonchev–Trinajstić information content (AvgIpc) is 2.38. The molecule has 0 saturated heterocycles. The molecule has 0 aromatic rings. The van der Waals surface area contributed by atoms with E-state index < -0.39 is 25.3 Å². The summed E-state index contributed by atoms with van der Waals surface area (Å²) in [6.07, 6.45) is 11.6. The minimum atomic E-state index is -3.58. The summed E-state index contributed by atoms with van der Waals surface area (Å²) in [7, 11) is -3.58. The van der Waals surface area contributed by atoms with Gasteiger partial charge in [0.1, 0.15) is 6.16 Å². The highest BCUT2D eigenvalue weighted by molar-refractivity contribution is 7.54. The summed E-state index contributed by atoms with van der Waals surface area (Å²) in [6, 6.07) is 0. The van der Waals surface area contributed by atoms with Crippen LogP contribution in [0.25, 0.3) is 0 Å². The maximum atomic E-state index is 12.5. The van der Waals surface area contributed by atoms with Gasteiger partial charge in [0.25, 0.3) is 0 Å². The van der Waals surface area contributed by atoms with Crippen molar-refractivity contribution in [1.82, 2.24) is 0 Å². The van der Waals surface area contributed by atoms with Gasteiger partial charge in [-0.2, -0.15) is 0 Å². The van der Waals surface area contributed by atoms with Gasteiger partial charge in [0.15, 0.2) is 5.60 Å². The third kappa shape index (κ3) is 9.25. The number of allylic oxidation sites excluding steroid dienone is 2. The summed E-state index contributed by atoms with van der Waals surface area (Å²) in [4.78, 5) is 11.8. The molecule has 0 bridgehead atoms. The minimum Gasteiger partial charge on any atom is -0.446 e. The predicted octanol–water partition coefficient (Wildman–Crippen LogP) is 3.32. The van der Waals surface area contributed by atoms with Gasteiger partial charge in [-0.1, -0.05) is 30.2 Å². The Balaban J connectivity index is 4.76. The van der Waals surface area contributed by atoms with Gasteiger partial charge in [0.2, 0.25) is 0 Å². The number of esters is 1. The zero-order chi connectivity index (χ0) is 16.4. The van der Waals surface area contributed by atoms with Crippen molar-refractivity contribution in [2.24, 2.45) is 0 Å². The number of carbonyl (C=O) groups excluding carboxylic acids is 1. The highest BCUT2D eigenvalue weighted by Crippen LogP contribution is 2.48. The second-order valence-electron chi connectivity index (χ2n) is 4.63. The Kier molecular flexibility index (Phi) is 8.96. The van der Waals surface area contributed by atoms with Gasteiger partial charge in [-0.05, 0) is 27.7 Å². The van der Waals surface area contributed by atoms with Crippen molar-refractivity contribution in [1.29, 1.82) is 0 Å². The Hall–Kier alpha value is -1.34. The normalized spacial score (nSPS) is 12.7. The summed E-state index contributed by atoms with van der Waals surface area (Å²) in [5.41, 5.74) is -1.06. The summed E-state index contributed by atoms with van der Waals surface area (Å²) in [5, 5.41) is 0. The lowest BCUT2D eigenvalue weighted by molar-refractivity contribution is -0.148. The lowest BCUT2D eigenvalue weighted by Crippen LogP contribution is -2.28. The van der Waals surface area contributed by atoms with Crippen molar-refractivity contribution >= 4 is 13.6 Å². The van der Waals surface area contributed by atoms with Crippen LogP contribution in [0.3, 0.4) is 0 Å². The molecular weight excluding hydrogens is 291 g/mol. The van der Waals surface area contributed by atoms with Crippen LogP contribution < -0.4 is 0 Å². The molecule has 0 amide bonds. The molecule has 0 aromatic heterocycles. The Labute approximate surface area is 126 Å². The van der Waals surface area contributed by atoms with Crippen molar-refractivity contribution in [3.8, 4) is 12.3 Å². The van der Waals surface area contributed by atoms with Crippen LogP contribution in [0.4, 0.5) is 0 Å².